The van der Waals surface area contributed by atoms with Crippen molar-refractivity contribution in [2.75, 3.05) is 6.54 Å². The van der Waals surface area contributed by atoms with Crippen LogP contribution in [0.2, 0.25) is 0 Å². The van der Waals surface area contributed by atoms with Crippen molar-refractivity contribution in [2.24, 2.45) is 0 Å². The van der Waals surface area contributed by atoms with E-state index in [1.54, 1.807) is 17.4 Å². The normalized spacial score (nSPS) is 12.7. The molecule has 0 fully saturated rings. The van der Waals surface area contributed by atoms with Gasteiger partial charge in [-0.3, -0.25) is 9.59 Å². The molecule has 1 amide bonds. The number of benzene rings is 1. The summed E-state index contributed by atoms with van der Waals surface area (Å²) in [5.41, 5.74) is 0.394. The molecule has 1 aromatic rings. The molecule has 1 atom stereocenters. The Morgan fingerprint density at radius 2 is 2.00 bits per heavy atom. The zero-order valence-corrected chi connectivity index (χ0v) is 11.0. The van der Waals surface area contributed by atoms with Crippen molar-refractivity contribution in [1.82, 2.24) is 5.32 Å². The van der Waals surface area contributed by atoms with Crippen molar-refractivity contribution in [3.8, 4) is 5.75 Å². The van der Waals surface area contributed by atoms with Gasteiger partial charge in [-0.2, -0.15) is 13.2 Å². The number of hydrogen-bond acceptors (Lipinski definition) is 3. The van der Waals surface area contributed by atoms with E-state index in [-0.39, 0.29) is 11.5 Å². The van der Waals surface area contributed by atoms with Gasteiger partial charge in [0.25, 0.3) is 5.91 Å². The fourth-order valence-electron chi connectivity index (χ4n) is 1.38. The van der Waals surface area contributed by atoms with Gasteiger partial charge in [-0.25, -0.2) is 0 Å². The van der Waals surface area contributed by atoms with Crippen LogP contribution in [0.1, 0.15) is 24.2 Å². The van der Waals surface area contributed by atoms with Crippen LogP contribution in [0, 0.1) is 0 Å². The average molecular weight is 289 g/mol. The quantitative estimate of drug-likeness (QED) is 0.846. The Hall–Kier alpha value is -2.05. The molecule has 110 valence electrons. The highest BCUT2D eigenvalue weighted by Crippen LogP contribution is 2.16. The van der Waals surface area contributed by atoms with Crippen molar-refractivity contribution < 1.29 is 27.5 Å². The van der Waals surface area contributed by atoms with Crippen LogP contribution in [0.5, 0.6) is 5.75 Å². The number of ether oxygens (including phenoxy) is 1. The molecule has 0 saturated heterocycles. The van der Waals surface area contributed by atoms with Crippen LogP contribution in [0.3, 0.4) is 0 Å². The fourth-order valence-corrected chi connectivity index (χ4v) is 1.38. The SMILES string of the molecule is CC(=O)c1cccc(OC(C)C(=O)NCC(F)(F)F)c1. The molecule has 0 saturated carbocycles. The summed E-state index contributed by atoms with van der Waals surface area (Å²) in [7, 11) is 0. The number of nitrogens with one attached hydrogen (secondary N) is 1. The van der Waals surface area contributed by atoms with Crippen molar-refractivity contribution in [1.29, 1.82) is 0 Å². The lowest BCUT2D eigenvalue weighted by Crippen LogP contribution is -2.41. The van der Waals surface area contributed by atoms with E-state index in [2.05, 4.69) is 0 Å². The second kappa shape index (κ2) is 6.40. The van der Waals surface area contributed by atoms with Gasteiger partial charge in [-0.15, -0.1) is 0 Å². The maximum Gasteiger partial charge on any atom is 0.405 e. The smallest absolute Gasteiger partial charge is 0.405 e. The first-order chi connectivity index (χ1) is 9.19. The number of halogens is 3. The van der Waals surface area contributed by atoms with E-state index in [9.17, 15) is 22.8 Å². The van der Waals surface area contributed by atoms with E-state index >= 15 is 0 Å². The standard InChI is InChI=1S/C13H14F3NO3/c1-8(18)10-4-3-5-11(6-10)20-9(2)12(19)17-7-13(14,15)16/h3-6,9H,7H2,1-2H3,(H,17,19). The Bertz CT molecular complexity index is 500. The first kappa shape index (κ1) is 16.0. The van der Waals surface area contributed by atoms with Crippen LogP contribution in [0.4, 0.5) is 13.2 Å². The van der Waals surface area contributed by atoms with Gasteiger partial charge >= 0.3 is 6.18 Å². The van der Waals surface area contributed by atoms with Crippen LogP contribution < -0.4 is 10.1 Å². The molecule has 0 aliphatic rings. The zero-order chi connectivity index (χ0) is 15.3. The van der Waals surface area contributed by atoms with Gasteiger partial charge in [0.2, 0.25) is 0 Å². The minimum Gasteiger partial charge on any atom is -0.481 e. The second-order valence-corrected chi connectivity index (χ2v) is 4.18. The predicted octanol–water partition coefficient (Wildman–Crippen LogP) is 2.33. The first-order valence-corrected chi connectivity index (χ1v) is 5.81. The molecule has 0 aliphatic heterocycles. The Morgan fingerprint density at radius 3 is 2.55 bits per heavy atom. The third-order valence-corrected chi connectivity index (χ3v) is 2.39. The fraction of sp³-hybridized carbons (Fsp3) is 0.385. The van der Waals surface area contributed by atoms with Crippen molar-refractivity contribution in [3.63, 3.8) is 0 Å². The number of ketones is 1. The molecular formula is C13H14F3NO3. The van der Waals surface area contributed by atoms with E-state index in [1.165, 1.54) is 26.0 Å². The van der Waals surface area contributed by atoms with E-state index in [1.807, 2.05) is 0 Å². The number of alkyl halides is 3. The maximum atomic E-state index is 12.0. The molecular weight excluding hydrogens is 275 g/mol. The number of carbonyl (C=O) groups is 2. The van der Waals surface area contributed by atoms with Gasteiger partial charge in [-0.05, 0) is 26.0 Å². The monoisotopic (exact) mass is 289 g/mol. The molecule has 1 aromatic carbocycles. The third kappa shape index (κ3) is 5.29. The van der Waals surface area contributed by atoms with Crippen LogP contribution in [0.15, 0.2) is 24.3 Å². The molecule has 0 aliphatic carbocycles. The maximum absolute atomic E-state index is 12.0. The minimum absolute atomic E-state index is 0.176. The highest BCUT2D eigenvalue weighted by Gasteiger charge is 2.29. The lowest BCUT2D eigenvalue weighted by molar-refractivity contribution is -0.142. The van der Waals surface area contributed by atoms with Crippen molar-refractivity contribution in [3.05, 3.63) is 29.8 Å². The van der Waals surface area contributed by atoms with E-state index in [0.29, 0.717) is 5.56 Å². The molecule has 4 nitrogen and oxygen atoms in total. The van der Waals surface area contributed by atoms with E-state index < -0.39 is 24.7 Å². The van der Waals surface area contributed by atoms with E-state index in [0.717, 1.165) is 0 Å². The van der Waals surface area contributed by atoms with Gasteiger partial charge in [0.1, 0.15) is 12.3 Å². The Kier molecular flexibility index (Phi) is 5.12. The molecule has 0 spiro atoms. The van der Waals surface area contributed by atoms with Crippen molar-refractivity contribution >= 4 is 11.7 Å². The molecule has 7 heteroatoms. The lowest BCUT2D eigenvalue weighted by Gasteiger charge is -2.15. The van der Waals surface area contributed by atoms with Crippen LogP contribution in [0.25, 0.3) is 0 Å². The molecule has 1 unspecified atom stereocenters. The number of carbonyl (C=O) groups excluding carboxylic acids is 2. The Balaban J connectivity index is 2.61. The largest absolute Gasteiger partial charge is 0.481 e. The summed E-state index contributed by atoms with van der Waals surface area (Å²) < 4.78 is 41.1. The third-order valence-electron chi connectivity index (χ3n) is 2.39. The Labute approximate surface area is 113 Å². The molecule has 0 heterocycles. The van der Waals surface area contributed by atoms with E-state index in [4.69, 9.17) is 4.74 Å². The summed E-state index contributed by atoms with van der Waals surface area (Å²) in [6, 6.07) is 6.08. The van der Waals surface area contributed by atoms with Crippen molar-refractivity contribution in [2.45, 2.75) is 26.1 Å². The number of hydrogen-bond donors (Lipinski definition) is 1. The average Bonchev–Trinajstić information content (AvgIpc) is 2.35. The molecule has 0 aromatic heterocycles. The molecule has 20 heavy (non-hydrogen) atoms. The lowest BCUT2D eigenvalue weighted by atomic mass is 10.1. The summed E-state index contributed by atoms with van der Waals surface area (Å²) in [6.07, 6.45) is -5.57. The van der Waals surface area contributed by atoms with Gasteiger partial charge in [0.15, 0.2) is 11.9 Å². The summed E-state index contributed by atoms with van der Waals surface area (Å²) in [6.45, 7) is 1.29. The molecule has 1 N–H and O–H groups in total. The first-order valence-electron chi connectivity index (χ1n) is 5.81. The topological polar surface area (TPSA) is 55.4 Å². The second-order valence-electron chi connectivity index (χ2n) is 4.18. The van der Waals surface area contributed by atoms with Gasteiger partial charge in [0, 0.05) is 5.56 Å². The highest BCUT2D eigenvalue weighted by molar-refractivity contribution is 5.94. The molecule has 0 radical (unpaired) electrons. The highest BCUT2D eigenvalue weighted by atomic mass is 19.4. The minimum atomic E-state index is -4.47. The number of amides is 1. The Morgan fingerprint density at radius 1 is 1.35 bits per heavy atom. The summed E-state index contributed by atoms with van der Waals surface area (Å²) in [5.74, 6) is -0.812. The van der Waals surface area contributed by atoms with Crippen LogP contribution >= 0.6 is 0 Å². The molecule has 1 rings (SSSR count). The van der Waals surface area contributed by atoms with Gasteiger partial charge < -0.3 is 10.1 Å². The summed E-state index contributed by atoms with van der Waals surface area (Å²) in [5, 5.41) is 1.72. The summed E-state index contributed by atoms with van der Waals surface area (Å²) >= 11 is 0. The van der Waals surface area contributed by atoms with Crippen LogP contribution in [-0.4, -0.2) is 30.5 Å². The number of Topliss-reactive ketones (excluding diaryl/α,β-unsaturated/α-hetero) is 1. The van der Waals surface area contributed by atoms with Crippen LogP contribution in [-0.2, 0) is 4.79 Å². The number of rotatable bonds is 5. The van der Waals surface area contributed by atoms with Gasteiger partial charge in [0.05, 0.1) is 0 Å². The molecule has 0 bridgehead atoms. The summed E-state index contributed by atoms with van der Waals surface area (Å²) in [4.78, 5) is 22.6. The predicted molar refractivity (Wildman–Crippen MR) is 65.6 cm³/mol. The zero-order valence-electron chi connectivity index (χ0n) is 11.0. The van der Waals surface area contributed by atoms with Gasteiger partial charge in [-0.1, -0.05) is 12.1 Å².